The van der Waals surface area contributed by atoms with Crippen LogP contribution in [0.15, 0.2) is 18.9 Å². The molecule has 15 heavy (non-hydrogen) atoms. The summed E-state index contributed by atoms with van der Waals surface area (Å²) in [4.78, 5) is 14.3. The fraction of sp³-hybridized carbons (Fsp3) is 0.250. The molecule has 1 amide bonds. The van der Waals surface area contributed by atoms with Crippen LogP contribution in [0.25, 0.3) is 12.2 Å². The minimum Gasteiger partial charge on any atom is -0.361 e. The van der Waals surface area contributed by atoms with Gasteiger partial charge in [0.1, 0.15) is 0 Å². The molecule has 2 N–H and O–H groups in total. The second-order valence-corrected chi connectivity index (χ2v) is 3.20. The molecule has 0 spiro atoms. The molecule has 0 saturated carbocycles. The summed E-state index contributed by atoms with van der Waals surface area (Å²) >= 11 is 0. The molecule has 1 aromatic heterocycles. The minimum atomic E-state index is 0.00960. The summed E-state index contributed by atoms with van der Waals surface area (Å²) in [6.07, 6.45) is 7.92. The van der Waals surface area contributed by atoms with E-state index in [1.54, 1.807) is 13.1 Å². The Hall–Kier alpha value is -1.77. The molecular weight excluding hydrogens is 188 g/mol. The molecule has 1 aromatic rings. The Morgan fingerprint density at radius 2 is 2.40 bits per heavy atom. The Labute approximate surface area is 89.9 Å². The fourth-order valence-corrected chi connectivity index (χ4v) is 1.43. The van der Waals surface area contributed by atoms with Crippen molar-refractivity contribution in [2.24, 2.45) is 0 Å². The summed E-state index contributed by atoms with van der Waals surface area (Å²) < 4.78 is 0. The van der Waals surface area contributed by atoms with E-state index in [1.807, 2.05) is 25.3 Å². The molecule has 3 heteroatoms. The van der Waals surface area contributed by atoms with Crippen molar-refractivity contribution in [3.8, 4) is 0 Å². The topological polar surface area (TPSA) is 44.9 Å². The molecule has 0 aromatic carbocycles. The van der Waals surface area contributed by atoms with E-state index in [0.717, 1.165) is 16.8 Å². The van der Waals surface area contributed by atoms with Crippen molar-refractivity contribution in [2.75, 3.05) is 7.05 Å². The first-order valence-corrected chi connectivity index (χ1v) is 4.88. The summed E-state index contributed by atoms with van der Waals surface area (Å²) in [5, 5.41) is 2.61. The molecule has 0 radical (unpaired) electrons. The normalized spacial score (nSPS) is 10.5. The Kier molecular flexibility index (Phi) is 3.92. The third-order valence-corrected chi connectivity index (χ3v) is 2.21. The number of nitrogens with one attached hydrogen (secondary N) is 2. The maximum atomic E-state index is 11.3. The number of allylic oxidation sites excluding steroid dienone is 1. The second-order valence-electron chi connectivity index (χ2n) is 3.20. The van der Waals surface area contributed by atoms with Gasteiger partial charge in [0.25, 0.3) is 0 Å². The van der Waals surface area contributed by atoms with E-state index < -0.39 is 0 Å². The zero-order valence-electron chi connectivity index (χ0n) is 9.13. The Balaban J connectivity index is 3.01. The third-order valence-electron chi connectivity index (χ3n) is 2.21. The third kappa shape index (κ3) is 2.59. The number of amides is 1. The number of hydrogen-bond acceptors (Lipinski definition) is 1. The molecule has 3 nitrogen and oxygen atoms in total. The summed E-state index contributed by atoms with van der Waals surface area (Å²) in [5.41, 5.74) is 2.98. The number of H-pyrrole nitrogens is 1. The van der Waals surface area contributed by atoms with Gasteiger partial charge in [0.2, 0.25) is 5.91 Å². The van der Waals surface area contributed by atoms with Crippen molar-refractivity contribution in [1.82, 2.24) is 10.3 Å². The predicted octanol–water partition coefficient (Wildman–Crippen LogP) is 1.98. The maximum absolute atomic E-state index is 11.3. The number of carbonyl (C=O) groups excluding carboxylic acids is 1. The van der Waals surface area contributed by atoms with Crippen LogP contribution in [0.4, 0.5) is 0 Å². The Morgan fingerprint density at radius 3 is 2.93 bits per heavy atom. The van der Waals surface area contributed by atoms with Gasteiger partial charge >= 0.3 is 0 Å². The van der Waals surface area contributed by atoms with Crippen LogP contribution < -0.4 is 5.32 Å². The van der Waals surface area contributed by atoms with E-state index in [9.17, 15) is 4.79 Å². The van der Waals surface area contributed by atoms with Crippen molar-refractivity contribution in [3.05, 3.63) is 35.7 Å². The smallest absolute Gasteiger partial charge is 0.224 e. The second kappa shape index (κ2) is 5.20. The van der Waals surface area contributed by atoms with E-state index in [-0.39, 0.29) is 5.91 Å². The van der Waals surface area contributed by atoms with Crippen molar-refractivity contribution in [2.45, 2.75) is 13.3 Å². The molecule has 0 saturated heterocycles. The van der Waals surface area contributed by atoms with Gasteiger partial charge in [-0.3, -0.25) is 4.79 Å². The largest absolute Gasteiger partial charge is 0.361 e. The summed E-state index contributed by atoms with van der Waals surface area (Å²) in [5.74, 6) is 0.00960. The summed E-state index contributed by atoms with van der Waals surface area (Å²) in [7, 11) is 1.64. The standard InChI is InChI=1S/C12H16N2O/c1-4-6-10-9(7-12(15)13-3)8-14-11(10)5-2/h4-6,8,14H,2,7H2,1,3H3,(H,13,15)/b6-4-. The van der Waals surface area contributed by atoms with Gasteiger partial charge < -0.3 is 10.3 Å². The molecule has 0 bridgehead atoms. The Morgan fingerprint density at radius 1 is 1.67 bits per heavy atom. The lowest BCUT2D eigenvalue weighted by molar-refractivity contribution is -0.119. The number of aromatic nitrogens is 1. The molecule has 0 aliphatic carbocycles. The SMILES string of the molecule is C=Cc1[nH]cc(CC(=O)NC)c1/C=C\C. The highest BCUT2D eigenvalue weighted by Crippen LogP contribution is 2.17. The molecule has 0 unspecified atom stereocenters. The summed E-state index contributed by atoms with van der Waals surface area (Å²) in [6.45, 7) is 5.67. The van der Waals surface area contributed by atoms with Crippen molar-refractivity contribution in [3.63, 3.8) is 0 Å². The molecule has 0 aliphatic heterocycles. The first-order chi connectivity index (χ1) is 7.22. The highest BCUT2D eigenvalue weighted by atomic mass is 16.1. The first kappa shape index (κ1) is 11.3. The van der Waals surface area contributed by atoms with Gasteiger partial charge in [-0.2, -0.15) is 0 Å². The van der Waals surface area contributed by atoms with Gasteiger partial charge in [0.15, 0.2) is 0 Å². The number of hydrogen-bond donors (Lipinski definition) is 2. The van der Waals surface area contributed by atoms with Gasteiger partial charge in [0.05, 0.1) is 6.42 Å². The summed E-state index contributed by atoms with van der Waals surface area (Å²) in [6, 6.07) is 0. The molecule has 1 heterocycles. The van der Waals surface area contributed by atoms with E-state index in [1.165, 1.54) is 0 Å². The van der Waals surface area contributed by atoms with Crippen LogP contribution in [0, 0.1) is 0 Å². The van der Waals surface area contributed by atoms with Crippen LogP contribution in [0.2, 0.25) is 0 Å². The molecule has 0 fully saturated rings. The van der Waals surface area contributed by atoms with Crippen LogP contribution >= 0.6 is 0 Å². The van der Waals surface area contributed by atoms with Gasteiger partial charge in [-0.05, 0) is 18.6 Å². The number of carbonyl (C=O) groups is 1. The van der Waals surface area contributed by atoms with Crippen molar-refractivity contribution < 1.29 is 4.79 Å². The van der Waals surface area contributed by atoms with Gasteiger partial charge in [-0.15, -0.1) is 0 Å². The van der Waals surface area contributed by atoms with Crippen molar-refractivity contribution >= 4 is 18.1 Å². The van der Waals surface area contributed by atoms with E-state index in [0.29, 0.717) is 6.42 Å². The van der Waals surface area contributed by atoms with Crippen molar-refractivity contribution in [1.29, 1.82) is 0 Å². The van der Waals surface area contributed by atoms with Crippen LogP contribution in [-0.4, -0.2) is 17.9 Å². The van der Waals surface area contributed by atoms with E-state index in [2.05, 4.69) is 16.9 Å². The van der Waals surface area contributed by atoms with Gasteiger partial charge in [-0.25, -0.2) is 0 Å². The Bertz CT molecular complexity index is 388. The zero-order chi connectivity index (χ0) is 11.3. The molecule has 80 valence electrons. The van der Waals surface area contributed by atoms with Crippen LogP contribution in [0.3, 0.4) is 0 Å². The van der Waals surface area contributed by atoms with Gasteiger partial charge in [0, 0.05) is 24.5 Å². The van der Waals surface area contributed by atoms with Crippen LogP contribution in [-0.2, 0) is 11.2 Å². The van der Waals surface area contributed by atoms with E-state index in [4.69, 9.17) is 0 Å². The molecule has 0 aliphatic rings. The fourth-order valence-electron chi connectivity index (χ4n) is 1.43. The average molecular weight is 204 g/mol. The van der Waals surface area contributed by atoms with Gasteiger partial charge in [-0.1, -0.05) is 18.7 Å². The molecular formula is C12H16N2O. The van der Waals surface area contributed by atoms with Crippen LogP contribution in [0.5, 0.6) is 0 Å². The molecule has 0 atom stereocenters. The average Bonchev–Trinajstić information content (AvgIpc) is 2.61. The lowest BCUT2D eigenvalue weighted by atomic mass is 10.1. The lowest BCUT2D eigenvalue weighted by Crippen LogP contribution is -2.20. The monoisotopic (exact) mass is 204 g/mol. The number of aromatic amines is 1. The molecule has 1 rings (SSSR count). The minimum absolute atomic E-state index is 0.00960. The van der Waals surface area contributed by atoms with E-state index >= 15 is 0 Å². The number of likely N-dealkylation sites (N-methyl/N-ethyl adjacent to an activating group) is 1. The maximum Gasteiger partial charge on any atom is 0.224 e. The number of rotatable bonds is 4. The highest BCUT2D eigenvalue weighted by molar-refractivity contribution is 5.80. The van der Waals surface area contributed by atoms with Crippen LogP contribution in [0.1, 0.15) is 23.7 Å². The lowest BCUT2D eigenvalue weighted by Gasteiger charge is -2.00. The predicted molar refractivity (Wildman–Crippen MR) is 63.4 cm³/mol. The first-order valence-electron chi connectivity index (χ1n) is 4.88. The zero-order valence-corrected chi connectivity index (χ0v) is 9.13. The quantitative estimate of drug-likeness (QED) is 0.774. The highest BCUT2D eigenvalue weighted by Gasteiger charge is 2.09.